The molecule has 0 spiro atoms. The van der Waals surface area contributed by atoms with Crippen LogP contribution in [0.1, 0.15) is 44.6 Å². The van der Waals surface area contributed by atoms with Crippen LogP contribution >= 0.6 is 24.0 Å². The molecule has 2 aliphatic heterocycles. The van der Waals surface area contributed by atoms with Crippen molar-refractivity contribution in [2.24, 2.45) is 4.99 Å². The van der Waals surface area contributed by atoms with Gasteiger partial charge in [-0.05, 0) is 45.7 Å². The van der Waals surface area contributed by atoms with Crippen molar-refractivity contribution < 1.29 is 9.84 Å². The fraction of sp³-hybridized carbons (Fsp3) is 0.650. The van der Waals surface area contributed by atoms with Crippen LogP contribution in [0.4, 0.5) is 0 Å². The second kappa shape index (κ2) is 10.4. The Kier molecular flexibility index (Phi) is 8.47. The van der Waals surface area contributed by atoms with Gasteiger partial charge in [-0.1, -0.05) is 18.6 Å². The highest BCUT2D eigenvalue weighted by Gasteiger charge is 2.36. The number of fused-ring (bicyclic) bond motifs is 2. The number of para-hydroxylation sites is 1. The van der Waals surface area contributed by atoms with Crippen molar-refractivity contribution in [2.45, 2.75) is 63.7 Å². The molecule has 2 bridgehead atoms. The van der Waals surface area contributed by atoms with Gasteiger partial charge in [-0.2, -0.15) is 0 Å². The summed E-state index contributed by atoms with van der Waals surface area (Å²) in [5.74, 6) is 1.48. The zero-order chi connectivity index (χ0) is 18.5. The standard InChI is InChI=1S/C20H32N4O2.HI/c1-4-21-20(22-13-14-7-5-10-18(26-3)19(14)25)23-15-11-16-8-6-9-17(12-15)24(16)2;/h5,7,10,15-17,25H,4,6,8-9,11-13H2,1-3H3,(H2,21,22,23);1H. The zero-order valence-electron chi connectivity index (χ0n) is 16.6. The number of aromatic hydroxyl groups is 1. The van der Waals surface area contributed by atoms with Crippen molar-refractivity contribution in [3.8, 4) is 11.5 Å². The number of ether oxygens (including phenoxy) is 1. The van der Waals surface area contributed by atoms with E-state index in [2.05, 4.69) is 29.5 Å². The highest BCUT2D eigenvalue weighted by atomic mass is 127. The minimum atomic E-state index is 0. The van der Waals surface area contributed by atoms with Crippen molar-refractivity contribution >= 4 is 29.9 Å². The molecule has 0 aliphatic carbocycles. The van der Waals surface area contributed by atoms with Crippen LogP contribution in [-0.4, -0.2) is 54.8 Å². The monoisotopic (exact) mass is 488 g/mol. The summed E-state index contributed by atoms with van der Waals surface area (Å²) in [6.07, 6.45) is 6.30. The molecule has 2 saturated heterocycles. The number of guanidine groups is 1. The lowest BCUT2D eigenvalue weighted by molar-refractivity contribution is 0.0526. The van der Waals surface area contributed by atoms with Crippen LogP contribution in [0.3, 0.4) is 0 Å². The van der Waals surface area contributed by atoms with Gasteiger partial charge in [0.2, 0.25) is 0 Å². The maximum absolute atomic E-state index is 10.3. The van der Waals surface area contributed by atoms with Crippen LogP contribution in [-0.2, 0) is 6.54 Å². The second-order valence-electron chi connectivity index (χ2n) is 7.38. The van der Waals surface area contributed by atoms with Gasteiger partial charge in [0, 0.05) is 30.2 Å². The molecule has 7 heteroatoms. The van der Waals surface area contributed by atoms with Crippen LogP contribution in [0, 0.1) is 0 Å². The largest absolute Gasteiger partial charge is 0.504 e. The normalized spacial score (nSPS) is 25.4. The minimum absolute atomic E-state index is 0. The molecule has 2 atom stereocenters. The number of benzene rings is 1. The number of halogens is 1. The Balaban J connectivity index is 0.00000261. The Morgan fingerprint density at radius 2 is 2.00 bits per heavy atom. The van der Waals surface area contributed by atoms with E-state index in [1.807, 2.05) is 12.1 Å². The maximum Gasteiger partial charge on any atom is 0.191 e. The SMILES string of the molecule is CCNC(=NCc1cccc(OC)c1O)NC1CC2CCCC(C1)N2C.I. The smallest absolute Gasteiger partial charge is 0.191 e. The molecule has 27 heavy (non-hydrogen) atoms. The van der Waals surface area contributed by atoms with E-state index in [0.717, 1.165) is 18.1 Å². The molecule has 2 heterocycles. The Morgan fingerprint density at radius 1 is 1.30 bits per heavy atom. The maximum atomic E-state index is 10.3. The Hall–Kier alpha value is -1.22. The Morgan fingerprint density at radius 3 is 2.63 bits per heavy atom. The first-order valence-corrected chi connectivity index (χ1v) is 9.74. The molecule has 0 aromatic heterocycles. The summed E-state index contributed by atoms with van der Waals surface area (Å²) in [6.45, 7) is 3.30. The first kappa shape index (κ1) is 22.1. The number of hydrogen-bond acceptors (Lipinski definition) is 4. The van der Waals surface area contributed by atoms with Gasteiger partial charge in [0.05, 0.1) is 13.7 Å². The first-order chi connectivity index (χ1) is 12.6. The van der Waals surface area contributed by atoms with Gasteiger partial charge in [-0.3, -0.25) is 0 Å². The highest BCUT2D eigenvalue weighted by molar-refractivity contribution is 14.0. The molecule has 1 aromatic carbocycles. The van der Waals surface area contributed by atoms with E-state index in [0.29, 0.717) is 30.4 Å². The molecule has 2 aliphatic rings. The first-order valence-electron chi connectivity index (χ1n) is 9.74. The fourth-order valence-electron chi connectivity index (χ4n) is 4.27. The van der Waals surface area contributed by atoms with Crippen LogP contribution in [0.25, 0.3) is 0 Å². The van der Waals surface area contributed by atoms with Gasteiger partial charge in [0.25, 0.3) is 0 Å². The number of piperidine rings is 2. The Labute approximate surface area is 179 Å². The average molecular weight is 488 g/mol. The number of hydrogen-bond donors (Lipinski definition) is 3. The fourth-order valence-corrected chi connectivity index (χ4v) is 4.27. The lowest BCUT2D eigenvalue weighted by Crippen LogP contribution is -2.56. The molecule has 3 rings (SSSR count). The molecule has 6 nitrogen and oxygen atoms in total. The lowest BCUT2D eigenvalue weighted by Gasteiger charge is -2.47. The van der Waals surface area contributed by atoms with Gasteiger partial charge >= 0.3 is 0 Å². The van der Waals surface area contributed by atoms with E-state index in [9.17, 15) is 5.11 Å². The third-order valence-corrected chi connectivity index (χ3v) is 5.73. The number of methoxy groups -OCH3 is 1. The van der Waals surface area contributed by atoms with E-state index in [1.54, 1.807) is 13.2 Å². The van der Waals surface area contributed by atoms with E-state index in [1.165, 1.54) is 32.1 Å². The van der Waals surface area contributed by atoms with Gasteiger partial charge in [0.1, 0.15) is 0 Å². The molecule has 0 amide bonds. The third-order valence-electron chi connectivity index (χ3n) is 5.73. The van der Waals surface area contributed by atoms with E-state index in [4.69, 9.17) is 9.73 Å². The molecule has 0 saturated carbocycles. The Bertz CT molecular complexity index is 626. The van der Waals surface area contributed by atoms with Crippen molar-refractivity contribution in [2.75, 3.05) is 20.7 Å². The third kappa shape index (κ3) is 5.40. The lowest BCUT2D eigenvalue weighted by atomic mass is 9.82. The van der Waals surface area contributed by atoms with Gasteiger partial charge in [-0.25, -0.2) is 4.99 Å². The van der Waals surface area contributed by atoms with Gasteiger partial charge in [-0.15, -0.1) is 24.0 Å². The van der Waals surface area contributed by atoms with Crippen LogP contribution in [0.2, 0.25) is 0 Å². The summed E-state index contributed by atoms with van der Waals surface area (Å²) < 4.78 is 5.18. The molecule has 3 N–H and O–H groups in total. The minimum Gasteiger partial charge on any atom is -0.504 e. The van der Waals surface area contributed by atoms with Gasteiger partial charge < -0.3 is 25.4 Å². The zero-order valence-corrected chi connectivity index (χ0v) is 18.9. The van der Waals surface area contributed by atoms with E-state index in [-0.39, 0.29) is 29.7 Å². The number of rotatable bonds is 5. The summed E-state index contributed by atoms with van der Waals surface area (Å²) in [5.41, 5.74) is 0.766. The molecule has 1 aromatic rings. The number of nitrogens with one attached hydrogen (secondary N) is 2. The van der Waals surface area contributed by atoms with E-state index < -0.39 is 0 Å². The molecule has 152 valence electrons. The summed E-state index contributed by atoms with van der Waals surface area (Å²) in [6, 6.07) is 7.34. The number of phenols is 1. The van der Waals surface area contributed by atoms with Crippen molar-refractivity contribution in [3.63, 3.8) is 0 Å². The van der Waals surface area contributed by atoms with Crippen molar-refractivity contribution in [1.29, 1.82) is 0 Å². The highest BCUT2D eigenvalue weighted by Crippen LogP contribution is 2.33. The number of aliphatic imine (C=N–C) groups is 1. The predicted octanol–water partition coefficient (Wildman–Crippen LogP) is 3.09. The van der Waals surface area contributed by atoms with Crippen LogP contribution in [0.5, 0.6) is 11.5 Å². The quantitative estimate of drug-likeness (QED) is 0.338. The molecular weight excluding hydrogens is 455 g/mol. The topological polar surface area (TPSA) is 69.1 Å². The molecule has 0 radical (unpaired) electrons. The van der Waals surface area contributed by atoms with Gasteiger partial charge in [0.15, 0.2) is 17.5 Å². The molecule has 2 unspecified atom stereocenters. The summed E-state index contributed by atoms with van der Waals surface area (Å²) in [7, 11) is 3.83. The van der Waals surface area contributed by atoms with Crippen molar-refractivity contribution in [3.05, 3.63) is 23.8 Å². The summed E-state index contributed by atoms with van der Waals surface area (Å²) in [5, 5.41) is 17.2. The predicted molar refractivity (Wildman–Crippen MR) is 120 cm³/mol. The molecule has 2 fully saturated rings. The van der Waals surface area contributed by atoms with Crippen LogP contribution in [0.15, 0.2) is 23.2 Å². The second-order valence-corrected chi connectivity index (χ2v) is 7.38. The van der Waals surface area contributed by atoms with Crippen molar-refractivity contribution in [1.82, 2.24) is 15.5 Å². The van der Waals surface area contributed by atoms with Crippen LogP contribution < -0.4 is 15.4 Å². The number of phenolic OH excluding ortho intramolecular Hbond substituents is 1. The average Bonchev–Trinajstić information content (AvgIpc) is 2.61. The van der Waals surface area contributed by atoms with E-state index >= 15 is 0 Å². The summed E-state index contributed by atoms with van der Waals surface area (Å²) in [4.78, 5) is 7.26. The number of nitrogens with zero attached hydrogens (tertiary/aromatic N) is 2. The molecular formula is C20H33IN4O2. The summed E-state index contributed by atoms with van der Waals surface area (Å²) >= 11 is 0.